The summed E-state index contributed by atoms with van der Waals surface area (Å²) in [6, 6.07) is 14.5. The second-order valence-electron chi connectivity index (χ2n) is 6.90. The smallest absolute Gasteiger partial charge is 0.238 e. The summed E-state index contributed by atoms with van der Waals surface area (Å²) in [6.45, 7) is 0. The van der Waals surface area contributed by atoms with Gasteiger partial charge in [-0.05, 0) is 23.3 Å². The summed E-state index contributed by atoms with van der Waals surface area (Å²) >= 11 is 6.23. The Morgan fingerprint density at radius 2 is 1.48 bits per heavy atom. The second-order valence-corrected chi connectivity index (χ2v) is 7.31. The molecular weight excluding hydrogens is 338 g/mol. The summed E-state index contributed by atoms with van der Waals surface area (Å²) in [5.41, 5.74) is 2.35. The molecule has 25 heavy (non-hydrogen) atoms. The Morgan fingerprint density at radius 3 is 2.24 bits per heavy atom. The first-order valence-corrected chi connectivity index (χ1v) is 8.71. The van der Waals surface area contributed by atoms with Crippen LogP contribution in [-0.4, -0.2) is 17.6 Å². The van der Waals surface area contributed by atoms with Crippen molar-refractivity contribution in [1.29, 1.82) is 0 Å². The number of para-hydroxylation sites is 1. The van der Waals surface area contributed by atoms with Gasteiger partial charge in [0, 0.05) is 12.3 Å². The van der Waals surface area contributed by atoms with Crippen LogP contribution in [0.5, 0.6) is 0 Å². The van der Waals surface area contributed by atoms with Crippen LogP contribution in [0.15, 0.2) is 48.5 Å². The normalized spacial score (nSPS) is 29.8. The zero-order valence-electron chi connectivity index (χ0n) is 13.2. The van der Waals surface area contributed by atoms with Crippen molar-refractivity contribution in [2.45, 2.75) is 18.3 Å². The Kier molecular flexibility index (Phi) is 2.98. The Hall–Kier alpha value is -2.46. The molecular formula is C20H14ClNO3. The van der Waals surface area contributed by atoms with Crippen molar-refractivity contribution in [2.24, 2.45) is 11.8 Å². The van der Waals surface area contributed by atoms with E-state index in [0.717, 1.165) is 11.1 Å². The lowest BCUT2D eigenvalue weighted by molar-refractivity contribution is -0.134. The Balaban J connectivity index is 1.68. The second kappa shape index (κ2) is 5.02. The maximum atomic E-state index is 13.1. The quantitative estimate of drug-likeness (QED) is 0.741. The van der Waals surface area contributed by atoms with E-state index in [4.69, 9.17) is 11.6 Å². The number of Topliss-reactive ketones (excluding diaryl/α,β-unsaturated/α-hetero) is 1. The SMILES string of the molecule is O=C1C[C@H]2c3ccccc3[C@H]1[C@@H]1C(=O)N(c3ccccc3Cl)C(=O)[C@H]12. The number of hydrogen-bond acceptors (Lipinski definition) is 3. The van der Waals surface area contributed by atoms with Gasteiger partial charge in [0.05, 0.1) is 28.5 Å². The average Bonchev–Trinajstić information content (AvgIpc) is 2.88. The van der Waals surface area contributed by atoms with Crippen LogP contribution in [0.25, 0.3) is 0 Å². The predicted molar refractivity (Wildman–Crippen MR) is 92.5 cm³/mol. The van der Waals surface area contributed by atoms with Crippen LogP contribution in [0.1, 0.15) is 29.4 Å². The van der Waals surface area contributed by atoms with Gasteiger partial charge in [0.2, 0.25) is 11.8 Å². The van der Waals surface area contributed by atoms with Gasteiger partial charge in [-0.3, -0.25) is 14.4 Å². The number of hydrogen-bond donors (Lipinski definition) is 0. The van der Waals surface area contributed by atoms with Gasteiger partial charge < -0.3 is 0 Å². The molecule has 124 valence electrons. The van der Waals surface area contributed by atoms with Crippen molar-refractivity contribution in [3.05, 3.63) is 64.7 Å². The van der Waals surface area contributed by atoms with Crippen molar-refractivity contribution >= 4 is 34.9 Å². The molecule has 2 bridgehead atoms. The highest BCUT2D eigenvalue weighted by Crippen LogP contribution is 2.57. The first-order chi connectivity index (χ1) is 12.1. The molecule has 1 heterocycles. The van der Waals surface area contributed by atoms with Gasteiger partial charge in [0.1, 0.15) is 5.78 Å². The molecule has 4 nitrogen and oxygen atoms in total. The number of anilines is 1. The number of carbonyl (C=O) groups is 3. The van der Waals surface area contributed by atoms with Crippen LogP contribution in [0.2, 0.25) is 5.02 Å². The number of rotatable bonds is 1. The van der Waals surface area contributed by atoms with Crippen LogP contribution in [0, 0.1) is 11.8 Å². The third kappa shape index (κ3) is 1.80. The number of nitrogens with zero attached hydrogens (tertiary/aromatic N) is 1. The molecule has 2 amide bonds. The van der Waals surface area contributed by atoms with E-state index in [0.29, 0.717) is 17.1 Å². The molecule has 0 radical (unpaired) electrons. The van der Waals surface area contributed by atoms with Crippen LogP contribution in [-0.2, 0) is 14.4 Å². The summed E-state index contributed by atoms with van der Waals surface area (Å²) in [5.74, 6) is -2.29. The molecule has 5 heteroatoms. The Morgan fingerprint density at radius 1 is 0.840 bits per heavy atom. The van der Waals surface area contributed by atoms with E-state index in [-0.39, 0.29) is 23.5 Å². The molecule has 6 rings (SSSR count). The first kappa shape index (κ1) is 14.8. The lowest BCUT2D eigenvalue weighted by Crippen LogP contribution is -2.44. The molecule has 3 aliphatic carbocycles. The van der Waals surface area contributed by atoms with Crippen molar-refractivity contribution in [3.63, 3.8) is 0 Å². The van der Waals surface area contributed by atoms with Crippen molar-refractivity contribution in [3.8, 4) is 0 Å². The molecule has 2 aromatic rings. The lowest BCUT2D eigenvalue weighted by atomic mass is 9.56. The van der Waals surface area contributed by atoms with E-state index >= 15 is 0 Å². The van der Waals surface area contributed by atoms with Gasteiger partial charge in [-0.25, -0.2) is 4.90 Å². The van der Waals surface area contributed by atoms with Crippen LogP contribution in [0.3, 0.4) is 0 Å². The summed E-state index contributed by atoms with van der Waals surface area (Å²) in [6.07, 6.45) is 0.332. The number of benzene rings is 2. The van der Waals surface area contributed by atoms with Gasteiger partial charge in [0.15, 0.2) is 0 Å². The van der Waals surface area contributed by atoms with E-state index in [2.05, 4.69) is 0 Å². The zero-order valence-corrected chi connectivity index (χ0v) is 13.9. The molecule has 0 spiro atoms. The average molecular weight is 352 g/mol. The van der Waals surface area contributed by atoms with Gasteiger partial charge >= 0.3 is 0 Å². The standard InChI is InChI=1S/C20H14ClNO3/c21-13-7-3-4-8-14(13)22-19(24)17-12-9-15(23)16(18(17)20(22)25)11-6-2-1-5-10(11)12/h1-8,12,16-18H,9H2/t12-,16+,17-,18-/m0/s1. The number of halogens is 1. The minimum Gasteiger partial charge on any atom is -0.299 e. The topological polar surface area (TPSA) is 54.5 Å². The molecule has 1 aliphatic heterocycles. The summed E-state index contributed by atoms with van der Waals surface area (Å²) in [7, 11) is 0. The minimum atomic E-state index is -0.607. The molecule has 2 fully saturated rings. The molecule has 4 aliphatic rings. The van der Waals surface area contributed by atoms with Gasteiger partial charge in [-0.15, -0.1) is 0 Å². The van der Waals surface area contributed by atoms with Crippen LogP contribution in [0.4, 0.5) is 5.69 Å². The monoisotopic (exact) mass is 351 g/mol. The number of carbonyl (C=O) groups excluding carboxylic acids is 3. The van der Waals surface area contributed by atoms with E-state index in [1.807, 2.05) is 24.3 Å². The van der Waals surface area contributed by atoms with Crippen LogP contribution < -0.4 is 4.90 Å². The van der Waals surface area contributed by atoms with Gasteiger partial charge in [-0.1, -0.05) is 48.0 Å². The number of fused-ring (bicyclic) bond motifs is 1. The Labute approximate surface area is 149 Å². The number of amides is 2. The minimum absolute atomic E-state index is 0.0621. The highest BCUT2D eigenvalue weighted by atomic mass is 35.5. The van der Waals surface area contributed by atoms with E-state index in [1.54, 1.807) is 24.3 Å². The molecule has 1 saturated heterocycles. The Bertz CT molecular complexity index is 953. The molecule has 1 saturated carbocycles. The number of imide groups is 1. The maximum Gasteiger partial charge on any atom is 0.238 e. The zero-order chi connectivity index (χ0) is 17.3. The van der Waals surface area contributed by atoms with Gasteiger partial charge in [-0.2, -0.15) is 0 Å². The van der Waals surface area contributed by atoms with Crippen molar-refractivity contribution < 1.29 is 14.4 Å². The van der Waals surface area contributed by atoms with E-state index in [1.165, 1.54) is 4.90 Å². The maximum absolute atomic E-state index is 13.1. The van der Waals surface area contributed by atoms with E-state index < -0.39 is 17.8 Å². The number of ketones is 1. The fourth-order valence-corrected chi connectivity index (χ4v) is 5.05. The molecule has 0 unspecified atom stereocenters. The highest BCUT2D eigenvalue weighted by molar-refractivity contribution is 6.36. The summed E-state index contributed by atoms with van der Waals surface area (Å²) < 4.78 is 0. The largest absolute Gasteiger partial charge is 0.299 e. The molecule has 0 N–H and O–H groups in total. The lowest BCUT2D eigenvalue weighted by Gasteiger charge is -2.43. The molecule has 0 aromatic heterocycles. The molecule has 4 atom stereocenters. The van der Waals surface area contributed by atoms with Crippen molar-refractivity contribution in [2.75, 3.05) is 4.90 Å². The summed E-state index contributed by atoms with van der Waals surface area (Å²) in [4.78, 5) is 40.1. The molecule has 2 aromatic carbocycles. The predicted octanol–water partition coefficient (Wildman–Crippen LogP) is 3.30. The third-order valence-electron chi connectivity index (χ3n) is 5.78. The van der Waals surface area contributed by atoms with Gasteiger partial charge in [0.25, 0.3) is 0 Å². The summed E-state index contributed by atoms with van der Waals surface area (Å²) in [5, 5.41) is 0.360. The fraction of sp³-hybridized carbons (Fsp3) is 0.250. The first-order valence-electron chi connectivity index (χ1n) is 8.33. The fourth-order valence-electron chi connectivity index (χ4n) is 4.83. The van der Waals surface area contributed by atoms with Crippen molar-refractivity contribution in [1.82, 2.24) is 0 Å². The van der Waals surface area contributed by atoms with Crippen LogP contribution >= 0.6 is 11.6 Å². The van der Waals surface area contributed by atoms with E-state index in [9.17, 15) is 14.4 Å². The highest BCUT2D eigenvalue weighted by Gasteiger charge is 2.62. The third-order valence-corrected chi connectivity index (χ3v) is 6.10.